The molecule has 0 unspecified atom stereocenters. The Hall–Kier alpha value is -3.20. The lowest BCUT2D eigenvalue weighted by Crippen LogP contribution is -2.44. The molecule has 0 fully saturated rings. The Balaban J connectivity index is 1.32. The third kappa shape index (κ3) is 8.68. The van der Waals surface area contributed by atoms with Crippen molar-refractivity contribution in [3.05, 3.63) is 138 Å². The smallest absolute Gasteiger partial charge is 0.289 e. The van der Waals surface area contributed by atoms with E-state index in [9.17, 15) is 30.8 Å². The van der Waals surface area contributed by atoms with Gasteiger partial charge in [0.1, 0.15) is 0 Å². The van der Waals surface area contributed by atoms with Crippen LogP contribution in [0.3, 0.4) is 0 Å². The van der Waals surface area contributed by atoms with Gasteiger partial charge < -0.3 is 0 Å². The second-order valence-corrected chi connectivity index (χ2v) is 16.6. The van der Waals surface area contributed by atoms with Crippen LogP contribution in [0.25, 0.3) is 0 Å². The number of alkyl halides is 4. The molecule has 0 aliphatic rings. The van der Waals surface area contributed by atoms with Crippen molar-refractivity contribution in [2.24, 2.45) is 0 Å². The van der Waals surface area contributed by atoms with E-state index in [-0.39, 0.29) is 15.6 Å². The Labute approximate surface area is 292 Å². The molecule has 0 bridgehead atoms. The summed E-state index contributed by atoms with van der Waals surface area (Å²) in [5, 5.41) is -10.9. The van der Waals surface area contributed by atoms with E-state index in [4.69, 9.17) is 4.55 Å². The summed E-state index contributed by atoms with van der Waals surface area (Å²) in [6, 6.07) is 33.7. The fraction of sp³-hybridized carbons (Fsp3) is 0.114. The van der Waals surface area contributed by atoms with Crippen molar-refractivity contribution in [3.8, 4) is 0 Å². The van der Waals surface area contributed by atoms with Crippen molar-refractivity contribution in [2.75, 3.05) is 0 Å². The van der Waals surface area contributed by atoms with E-state index in [0.29, 0.717) is 20.9 Å². The van der Waals surface area contributed by atoms with Gasteiger partial charge in [-0.1, -0.05) is 82.8 Å². The molecule has 0 aliphatic carbocycles. The molecule has 0 aromatic heterocycles. The fourth-order valence-electron chi connectivity index (χ4n) is 4.19. The molecule has 13 heteroatoms. The Morgan fingerprint density at radius 3 is 1.44 bits per heavy atom. The minimum absolute atomic E-state index is 0.0629. The van der Waals surface area contributed by atoms with Crippen molar-refractivity contribution in [2.45, 2.75) is 58.6 Å². The van der Waals surface area contributed by atoms with Crippen LogP contribution in [-0.4, -0.2) is 29.3 Å². The lowest BCUT2D eigenvalue weighted by molar-refractivity contribution is -0.0947. The summed E-state index contributed by atoms with van der Waals surface area (Å²) in [5.41, 5.74) is 3.23. The van der Waals surface area contributed by atoms with Crippen molar-refractivity contribution in [1.82, 2.24) is 0 Å². The third-order valence-electron chi connectivity index (χ3n) is 6.79. The summed E-state index contributed by atoms with van der Waals surface area (Å²) in [4.78, 5) is 16.4. The quantitative estimate of drug-likeness (QED) is 0.0586. The number of aryl methyl sites for hydroxylation is 2. The van der Waals surface area contributed by atoms with Crippen molar-refractivity contribution >= 4 is 62.9 Å². The first-order valence-corrected chi connectivity index (χ1v) is 18.8. The minimum Gasteiger partial charge on any atom is -0.289 e. The number of carbonyl (C=O) groups excluding carboxylic acids is 1. The zero-order valence-electron chi connectivity index (χ0n) is 25.2. The van der Waals surface area contributed by atoms with E-state index >= 15 is 0 Å². The predicted molar refractivity (Wildman–Crippen MR) is 185 cm³/mol. The normalized spacial score (nSPS) is 12.2. The van der Waals surface area contributed by atoms with Gasteiger partial charge in [0.15, 0.2) is 5.78 Å². The van der Waals surface area contributed by atoms with Crippen LogP contribution >= 0.6 is 47.0 Å². The molecule has 0 atom stereocenters. The molecule has 5 aromatic rings. The standard InChI is InChI=1S/C35H26F4O4S5/c1-22-3-7-24(8-4-22)33(40)25-9-13-26(14-10-25)44-27-15-17-28(18-16-27)45-30-19-20-31(46-29-11-5-23(2)6-12-29)32(21-30)47-34(36,37)35(38,39)48(41,42)43/h3-21H,1-2H3,(H,41,42,43). The lowest BCUT2D eigenvalue weighted by atomic mass is 10.0. The number of ketones is 1. The summed E-state index contributed by atoms with van der Waals surface area (Å²) >= 11 is 3.13. The molecule has 0 amide bonds. The Kier molecular flexibility index (Phi) is 11.1. The molecule has 1 N–H and O–H groups in total. The summed E-state index contributed by atoms with van der Waals surface area (Å²) < 4.78 is 88.9. The van der Waals surface area contributed by atoms with Gasteiger partial charge in [-0.2, -0.15) is 26.0 Å². The van der Waals surface area contributed by atoms with Crippen molar-refractivity contribution < 1.29 is 35.3 Å². The van der Waals surface area contributed by atoms with Gasteiger partial charge >= 0.3 is 20.6 Å². The lowest BCUT2D eigenvalue weighted by Gasteiger charge is -2.24. The predicted octanol–water partition coefficient (Wildman–Crippen LogP) is 11.2. The van der Waals surface area contributed by atoms with Crippen LogP contribution < -0.4 is 0 Å². The summed E-state index contributed by atoms with van der Waals surface area (Å²) in [6.45, 7) is 3.83. The number of hydrogen-bond acceptors (Lipinski definition) is 7. The highest BCUT2D eigenvalue weighted by atomic mass is 32.2. The largest absolute Gasteiger partial charge is 0.442 e. The molecule has 4 nitrogen and oxygen atoms in total. The van der Waals surface area contributed by atoms with Gasteiger partial charge in [0, 0.05) is 45.4 Å². The molecular weight excluding hydrogens is 721 g/mol. The third-order valence-corrected chi connectivity index (χ3v) is 12.1. The number of carbonyl (C=O) groups is 1. The number of hydrogen-bond donors (Lipinski definition) is 1. The first-order valence-electron chi connectivity index (χ1n) is 14.1. The van der Waals surface area contributed by atoms with Crippen LogP contribution in [0.1, 0.15) is 27.0 Å². The van der Waals surface area contributed by atoms with Gasteiger partial charge in [-0.15, -0.1) is 0 Å². The van der Waals surface area contributed by atoms with Crippen LogP contribution in [0, 0.1) is 13.8 Å². The van der Waals surface area contributed by atoms with Crippen LogP contribution in [0.4, 0.5) is 17.6 Å². The topological polar surface area (TPSA) is 71.4 Å². The van der Waals surface area contributed by atoms with E-state index < -0.39 is 32.4 Å². The van der Waals surface area contributed by atoms with E-state index in [1.165, 1.54) is 35.7 Å². The van der Waals surface area contributed by atoms with Gasteiger partial charge in [-0.25, -0.2) is 0 Å². The van der Waals surface area contributed by atoms with E-state index in [0.717, 1.165) is 37.6 Å². The highest BCUT2D eigenvalue weighted by Crippen LogP contribution is 2.52. The van der Waals surface area contributed by atoms with Gasteiger partial charge in [-0.3, -0.25) is 9.35 Å². The summed E-state index contributed by atoms with van der Waals surface area (Å²) in [7, 11) is -6.39. The first kappa shape index (κ1) is 36.1. The number of thioether (sulfide) groups is 1. The van der Waals surface area contributed by atoms with Crippen LogP contribution in [-0.2, 0) is 10.1 Å². The first-order chi connectivity index (χ1) is 22.6. The fourth-order valence-corrected chi connectivity index (χ4v) is 8.50. The highest BCUT2D eigenvalue weighted by molar-refractivity contribution is 8.03. The summed E-state index contributed by atoms with van der Waals surface area (Å²) in [6.07, 6.45) is 0. The van der Waals surface area contributed by atoms with Crippen molar-refractivity contribution in [3.63, 3.8) is 0 Å². The zero-order chi connectivity index (χ0) is 34.7. The maximum Gasteiger partial charge on any atom is 0.442 e. The monoisotopic (exact) mass is 746 g/mol. The average Bonchev–Trinajstić information content (AvgIpc) is 3.04. The Morgan fingerprint density at radius 1 is 0.562 bits per heavy atom. The SMILES string of the molecule is Cc1ccc(Sc2ccc(Sc3ccc(Sc4ccc(C(=O)c5ccc(C)cc5)cc4)cc3)cc2SC(F)(F)C(F)(F)S(=O)(=O)O)cc1. The summed E-state index contributed by atoms with van der Waals surface area (Å²) in [5.74, 6) is -0.0629. The maximum absolute atomic E-state index is 14.7. The highest BCUT2D eigenvalue weighted by Gasteiger charge is 2.66. The molecule has 0 spiro atoms. The van der Waals surface area contributed by atoms with Gasteiger partial charge in [-0.05, 0) is 104 Å². The van der Waals surface area contributed by atoms with E-state index in [1.807, 2.05) is 74.5 Å². The molecule has 0 heterocycles. The number of halogens is 4. The molecular formula is C35H26F4O4S5. The number of rotatable bonds is 12. The molecule has 0 saturated heterocycles. The average molecular weight is 747 g/mol. The second-order valence-electron chi connectivity index (χ2n) is 10.5. The van der Waals surface area contributed by atoms with Crippen LogP contribution in [0.15, 0.2) is 150 Å². The van der Waals surface area contributed by atoms with Crippen LogP contribution in [0.2, 0.25) is 0 Å². The van der Waals surface area contributed by atoms with E-state index in [1.54, 1.807) is 42.5 Å². The molecule has 48 heavy (non-hydrogen) atoms. The Morgan fingerprint density at radius 2 is 0.938 bits per heavy atom. The zero-order valence-corrected chi connectivity index (χ0v) is 29.3. The molecule has 0 radical (unpaired) electrons. The Bertz CT molecular complexity index is 2020. The van der Waals surface area contributed by atoms with Crippen molar-refractivity contribution in [1.29, 1.82) is 0 Å². The van der Waals surface area contributed by atoms with Gasteiger partial charge in [0.2, 0.25) is 0 Å². The molecule has 5 rings (SSSR count). The molecule has 0 saturated carbocycles. The minimum atomic E-state index is -6.39. The number of benzene rings is 5. The van der Waals surface area contributed by atoms with E-state index in [2.05, 4.69) is 0 Å². The van der Waals surface area contributed by atoms with Gasteiger partial charge in [0.05, 0.1) is 0 Å². The second kappa shape index (κ2) is 14.7. The molecule has 5 aromatic carbocycles. The molecule has 0 aliphatic heterocycles. The van der Waals surface area contributed by atoms with Crippen LogP contribution in [0.5, 0.6) is 0 Å². The maximum atomic E-state index is 14.7. The molecule has 248 valence electrons. The van der Waals surface area contributed by atoms with Gasteiger partial charge in [0.25, 0.3) is 0 Å².